The van der Waals surface area contributed by atoms with Gasteiger partial charge < -0.3 is 5.32 Å². The zero-order valence-corrected chi connectivity index (χ0v) is 11.5. The van der Waals surface area contributed by atoms with Crippen LogP contribution in [0.15, 0.2) is 30.7 Å². The Morgan fingerprint density at radius 2 is 2.16 bits per heavy atom. The van der Waals surface area contributed by atoms with Gasteiger partial charge in [-0.15, -0.1) is 0 Å². The summed E-state index contributed by atoms with van der Waals surface area (Å²) in [5, 5.41) is 8.12. The first-order chi connectivity index (χ1) is 9.25. The number of pyridine rings is 1. The van der Waals surface area contributed by atoms with Crippen molar-refractivity contribution in [2.45, 2.75) is 38.3 Å². The second-order valence-corrected chi connectivity index (χ2v) is 5.28. The number of rotatable bonds is 3. The Morgan fingerprint density at radius 1 is 1.37 bits per heavy atom. The predicted octanol–water partition coefficient (Wildman–Crippen LogP) is 2.54. The summed E-state index contributed by atoms with van der Waals surface area (Å²) >= 11 is 0. The molecule has 4 heteroatoms. The third-order valence-electron chi connectivity index (χ3n) is 4.03. The Labute approximate surface area is 113 Å². The fourth-order valence-corrected chi connectivity index (χ4v) is 2.93. The van der Waals surface area contributed by atoms with E-state index in [0.717, 1.165) is 6.42 Å². The number of aromatic nitrogens is 3. The van der Waals surface area contributed by atoms with Crippen LogP contribution in [0.4, 0.5) is 0 Å². The highest BCUT2D eigenvalue weighted by atomic mass is 15.3. The maximum absolute atomic E-state index is 4.40. The average molecular weight is 256 g/mol. The lowest BCUT2D eigenvalue weighted by Gasteiger charge is -2.27. The number of nitrogens with zero attached hydrogens (tertiary/aromatic N) is 3. The molecule has 0 aromatic carbocycles. The zero-order valence-electron chi connectivity index (χ0n) is 11.5. The van der Waals surface area contributed by atoms with Crippen LogP contribution < -0.4 is 5.32 Å². The molecule has 19 heavy (non-hydrogen) atoms. The van der Waals surface area contributed by atoms with Gasteiger partial charge in [-0.25, -0.2) is 0 Å². The molecule has 0 spiro atoms. The molecule has 2 heterocycles. The van der Waals surface area contributed by atoms with Crippen molar-refractivity contribution in [3.05, 3.63) is 47.5 Å². The number of aryl methyl sites for hydroxylation is 1. The summed E-state index contributed by atoms with van der Waals surface area (Å²) in [6.45, 7) is 2.21. The predicted molar refractivity (Wildman–Crippen MR) is 74.7 cm³/mol. The van der Waals surface area contributed by atoms with Gasteiger partial charge >= 0.3 is 0 Å². The first kappa shape index (κ1) is 12.4. The zero-order chi connectivity index (χ0) is 13.2. The van der Waals surface area contributed by atoms with E-state index in [0.29, 0.717) is 12.1 Å². The molecular formula is C15H20N4. The number of hydrogen-bond acceptors (Lipinski definition) is 3. The molecule has 0 amide bonds. The first-order valence-corrected chi connectivity index (χ1v) is 6.92. The van der Waals surface area contributed by atoms with E-state index in [1.54, 1.807) is 0 Å². The summed E-state index contributed by atoms with van der Waals surface area (Å²) in [7, 11) is 2.04. The fraction of sp³-hybridized carbons (Fsp3) is 0.467. The molecule has 100 valence electrons. The largest absolute Gasteiger partial charge is 0.303 e. The molecule has 2 aromatic rings. The van der Waals surface area contributed by atoms with Gasteiger partial charge in [0.25, 0.3) is 0 Å². The molecule has 4 nitrogen and oxygen atoms in total. The van der Waals surface area contributed by atoms with E-state index in [1.165, 1.54) is 29.7 Å². The van der Waals surface area contributed by atoms with Crippen molar-refractivity contribution in [2.75, 3.05) is 0 Å². The van der Waals surface area contributed by atoms with Gasteiger partial charge in [-0.2, -0.15) is 5.10 Å². The van der Waals surface area contributed by atoms with Crippen molar-refractivity contribution in [1.29, 1.82) is 0 Å². The second kappa shape index (κ2) is 5.13. The lowest BCUT2D eigenvalue weighted by Crippen LogP contribution is -2.27. The van der Waals surface area contributed by atoms with E-state index in [-0.39, 0.29) is 0 Å². The summed E-state index contributed by atoms with van der Waals surface area (Å²) in [5.74, 6) is 0. The van der Waals surface area contributed by atoms with Gasteiger partial charge in [-0.05, 0) is 43.9 Å². The standard InChI is InChI=1S/C15H20N4/c1-11(12-6-8-16-9-7-12)18-14-4-3-5-15-13(14)10-17-19(15)2/h6-11,14,18H,3-5H2,1-2H3/t11-,14?/m1/s1. The van der Waals surface area contributed by atoms with Crippen LogP contribution in [0.1, 0.15) is 48.7 Å². The third kappa shape index (κ3) is 2.40. The topological polar surface area (TPSA) is 42.7 Å². The minimum Gasteiger partial charge on any atom is -0.303 e. The number of hydrogen-bond donors (Lipinski definition) is 1. The van der Waals surface area contributed by atoms with Gasteiger partial charge in [0.2, 0.25) is 0 Å². The Hall–Kier alpha value is -1.68. The Kier molecular flexibility index (Phi) is 3.34. The highest BCUT2D eigenvalue weighted by molar-refractivity contribution is 5.25. The first-order valence-electron chi connectivity index (χ1n) is 6.92. The van der Waals surface area contributed by atoms with Crippen molar-refractivity contribution >= 4 is 0 Å². The van der Waals surface area contributed by atoms with Crippen LogP contribution in [-0.2, 0) is 13.5 Å². The molecule has 1 aliphatic carbocycles. The van der Waals surface area contributed by atoms with Gasteiger partial charge in [-0.1, -0.05) is 0 Å². The summed E-state index contributed by atoms with van der Waals surface area (Å²) in [6.07, 6.45) is 9.29. The third-order valence-corrected chi connectivity index (χ3v) is 4.03. The molecule has 0 bridgehead atoms. The van der Waals surface area contributed by atoms with Crippen LogP contribution in [0.5, 0.6) is 0 Å². The minimum atomic E-state index is 0.333. The molecule has 1 aliphatic rings. The Morgan fingerprint density at radius 3 is 2.95 bits per heavy atom. The lowest BCUT2D eigenvalue weighted by molar-refractivity contribution is 0.411. The molecule has 3 rings (SSSR count). The monoisotopic (exact) mass is 256 g/mol. The van der Waals surface area contributed by atoms with Gasteiger partial charge in [0, 0.05) is 42.8 Å². The molecule has 2 aromatic heterocycles. The Balaban J connectivity index is 1.78. The summed E-state index contributed by atoms with van der Waals surface area (Å²) in [4.78, 5) is 4.07. The lowest BCUT2D eigenvalue weighted by atomic mass is 9.92. The van der Waals surface area contributed by atoms with Crippen molar-refractivity contribution in [3.8, 4) is 0 Å². The van der Waals surface area contributed by atoms with Gasteiger partial charge in [0.1, 0.15) is 0 Å². The van der Waals surface area contributed by atoms with Crippen LogP contribution in [0.2, 0.25) is 0 Å². The van der Waals surface area contributed by atoms with Gasteiger partial charge in [-0.3, -0.25) is 9.67 Å². The summed E-state index contributed by atoms with van der Waals surface area (Å²) in [6, 6.07) is 4.90. The number of fused-ring (bicyclic) bond motifs is 1. The average Bonchev–Trinajstić information content (AvgIpc) is 2.83. The maximum atomic E-state index is 4.40. The molecule has 0 aliphatic heterocycles. The maximum Gasteiger partial charge on any atom is 0.0540 e. The van der Waals surface area contributed by atoms with Crippen molar-refractivity contribution < 1.29 is 0 Å². The summed E-state index contributed by atoms with van der Waals surface area (Å²) in [5.41, 5.74) is 4.03. The van der Waals surface area contributed by atoms with Gasteiger partial charge in [0.15, 0.2) is 0 Å². The molecular weight excluding hydrogens is 236 g/mol. The second-order valence-electron chi connectivity index (χ2n) is 5.28. The highest BCUT2D eigenvalue weighted by Gasteiger charge is 2.24. The molecule has 1 N–H and O–H groups in total. The van der Waals surface area contributed by atoms with E-state index in [1.807, 2.05) is 30.3 Å². The SMILES string of the molecule is C[C@@H](NC1CCCc2c1cnn2C)c1ccncc1. The number of nitrogens with one attached hydrogen (secondary N) is 1. The molecule has 0 fully saturated rings. The quantitative estimate of drug-likeness (QED) is 0.917. The molecule has 2 atom stereocenters. The van der Waals surface area contributed by atoms with E-state index < -0.39 is 0 Å². The minimum absolute atomic E-state index is 0.333. The fourth-order valence-electron chi connectivity index (χ4n) is 2.93. The van der Waals surface area contributed by atoms with Crippen LogP contribution in [0.3, 0.4) is 0 Å². The summed E-state index contributed by atoms with van der Waals surface area (Å²) < 4.78 is 2.01. The molecule has 0 saturated carbocycles. The normalized spacial score (nSPS) is 20.0. The van der Waals surface area contributed by atoms with Crippen LogP contribution in [0, 0.1) is 0 Å². The van der Waals surface area contributed by atoms with E-state index in [9.17, 15) is 0 Å². The molecule has 0 saturated heterocycles. The van der Waals surface area contributed by atoms with Crippen molar-refractivity contribution in [1.82, 2.24) is 20.1 Å². The van der Waals surface area contributed by atoms with Crippen molar-refractivity contribution in [3.63, 3.8) is 0 Å². The van der Waals surface area contributed by atoms with E-state index in [2.05, 4.69) is 34.5 Å². The molecule has 1 unspecified atom stereocenters. The molecule has 0 radical (unpaired) electrons. The van der Waals surface area contributed by atoms with Crippen molar-refractivity contribution in [2.24, 2.45) is 7.05 Å². The van der Waals surface area contributed by atoms with Crippen LogP contribution >= 0.6 is 0 Å². The van der Waals surface area contributed by atoms with Crippen LogP contribution in [0.25, 0.3) is 0 Å². The van der Waals surface area contributed by atoms with E-state index in [4.69, 9.17) is 0 Å². The Bertz CT molecular complexity index is 547. The smallest absolute Gasteiger partial charge is 0.0540 e. The highest BCUT2D eigenvalue weighted by Crippen LogP contribution is 2.31. The van der Waals surface area contributed by atoms with Gasteiger partial charge in [0.05, 0.1) is 6.20 Å². The van der Waals surface area contributed by atoms with Crippen LogP contribution in [-0.4, -0.2) is 14.8 Å². The van der Waals surface area contributed by atoms with E-state index >= 15 is 0 Å².